The Morgan fingerprint density at radius 2 is 1.85 bits per heavy atom. The summed E-state index contributed by atoms with van der Waals surface area (Å²) in [5.41, 5.74) is 0.887. The van der Waals surface area contributed by atoms with Gasteiger partial charge in [0.25, 0.3) is 5.56 Å². The van der Waals surface area contributed by atoms with E-state index in [1.807, 2.05) is 32.0 Å². The normalized spacial score (nSPS) is 14.7. The molecule has 7 nitrogen and oxygen atoms in total. The molecule has 27 heavy (non-hydrogen) atoms. The van der Waals surface area contributed by atoms with Crippen molar-refractivity contribution in [2.45, 2.75) is 20.4 Å². The van der Waals surface area contributed by atoms with Gasteiger partial charge in [-0.25, -0.2) is 9.67 Å². The van der Waals surface area contributed by atoms with Crippen LogP contribution in [0.1, 0.15) is 13.8 Å². The fraction of sp³-hybridized carbons (Fsp3) is 0.421. The largest absolute Gasteiger partial charge is 0.492 e. The minimum atomic E-state index is -0.0561. The molecule has 0 bridgehead atoms. The van der Waals surface area contributed by atoms with E-state index in [0.717, 1.165) is 53.1 Å². The number of thiazole rings is 1. The lowest BCUT2D eigenvalue weighted by molar-refractivity contribution is 0.344. The maximum Gasteiger partial charge on any atom is 0.266 e. The van der Waals surface area contributed by atoms with Crippen molar-refractivity contribution in [3.63, 3.8) is 0 Å². The van der Waals surface area contributed by atoms with Crippen molar-refractivity contribution in [1.82, 2.24) is 14.8 Å². The van der Waals surface area contributed by atoms with E-state index in [-0.39, 0.29) is 5.56 Å². The topological polar surface area (TPSA) is 63.5 Å². The smallest absolute Gasteiger partial charge is 0.266 e. The van der Waals surface area contributed by atoms with Crippen LogP contribution in [0.3, 0.4) is 0 Å². The number of fused-ring (bicyclic) bond motifs is 1. The SMILES string of the molecule is CCOc1cccc2sc(N3CCN(c4ccc(=O)n(CC)n4)CC3)nc12. The Labute approximate surface area is 161 Å². The number of anilines is 2. The molecular formula is C19H23N5O2S. The van der Waals surface area contributed by atoms with Gasteiger partial charge in [0.1, 0.15) is 17.1 Å². The zero-order chi connectivity index (χ0) is 18.8. The summed E-state index contributed by atoms with van der Waals surface area (Å²) in [4.78, 5) is 21.1. The molecular weight excluding hydrogens is 362 g/mol. The number of rotatable bonds is 5. The molecule has 1 aliphatic rings. The summed E-state index contributed by atoms with van der Waals surface area (Å²) < 4.78 is 8.36. The zero-order valence-corrected chi connectivity index (χ0v) is 16.4. The summed E-state index contributed by atoms with van der Waals surface area (Å²) in [6, 6.07) is 9.49. The number of nitrogens with zero attached hydrogens (tertiary/aromatic N) is 5. The van der Waals surface area contributed by atoms with Gasteiger partial charge in [0, 0.05) is 38.8 Å². The molecule has 1 aromatic carbocycles. The first kappa shape index (κ1) is 17.8. The molecule has 142 valence electrons. The Hall–Kier alpha value is -2.61. The molecule has 8 heteroatoms. The number of aromatic nitrogens is 3. The van der Waals surface area contributed by atoms with Crippen LogP contribution in [0, 0.1) is 0 Å². The molecule has 0 amide bonds. The van der Waals surface area contributed by atoms with Crippen LogP contribution in [-0.2, 0) is 6.54 Å². The van der Waals surface area contributed by atoms with Crippen molar-refractivity contribution in [3.8, 4) is 5.75 Å². The van der Waals surface area contributed by atoms with Crippen LogP contribution in [0.25, 0.3) is 10.2 Å². The first-order valence-electron chi connectivity index (χ1n) is 9.30. The van der Waals surface area contributed by atoms with Crippen molar-refractivity contribution in [2.24, 2.45) is 0 Å². The third-order valence-corrected chi connectivity index (χ3v) is 5.78. The van der Waals surface area contributed by atoms with Crippen molar-refractivity contribution in [2.75, 3.05) is 42.6 Å². The quantitative estimate of drug-likeness (QED) is 0.673. The number of aryl methyl sites for hydroxylation is 1. The van der Waals surface area contributed by atoms with Crippen LogP contribution >= 0.6 is 11.3 Å². The van der Waals surface area contributed by atoms with Gasteiger partial charge in [-0.2, -0.15) is 5.10 Å². The highest BCUT2D eigenvalue weighted by atomic mass is 32.1. The van der Waals surface area contributed by atoms with E-state index in [1.165, 1.54) is 4.68 Å². The molecule has 0 unspecified atom stereocenters. The van der Waals surface area contributed by atoms with Gasteiger partial charge >= 0.3 is 0 Å². The maximum absolute atomic E-state index is 11.7. The molecule has 2 aromatic heterocycles. The van der Waals surface area contributed by atoms with Crippen LogP contribution in [-0.4, -0.2) is 47.6 Å². The lowest BCUT2D eigenvalue weighted by Gasteiger charge is -2.35. The predicted molar refractivity (Wildman–Crippen MR) is 109 cm³/mol. The van der Waals surface area contributed by atoms with Crippen molar-refractivity contribution >= 4 is 32.5 Å². The molecule has 3 aromatic rings. The predicted octanol–water partition coefficient (Wildman–Crippen LogP) is 2.60. The number of para-hydroxylation sites is 1. The maximum atomic E-state index is 11.7. The molecule has 1 aliphatic heterocycles. The van der Waals surface area contributed by atoms with E-state index in [1.54, 1.807) is 17.4 Å². The molecule has 1 saturated heterocycles. The average molecular weight is 385 g/mol. The minimum Gasteiger partial charge on any atom is -0.492 e. The molecule has 0 radical (unpaired) electrons. The molecule has 0 saturated carbocycles. The van der Waals surface area contributed by atoms with Gasteiger partial charge in [0.15, 0.2) is 5.13 Å². The Bertz CT molecular complexity index is 991. The van der Waals surface area contributed by atoms with Gasteiger partial charge in [-0.15, -0.1) is 0 Å². The number of ether oxygens (including phenoxy) is 1. The second kappa shape index (κ2) is 7.56. The van der Waals surface area contributed by atoms with Crippen LogP contribution in [0.15, 0.2) is 35.1 Å². The summed E-state index contributed by atoms with van der Waals surface area (Å²) in [6.07, 6.45) is 0. The third kappa shape index (κ3) is 3.49. The van der Waals surface area contributed by atoms with Crippen molar-refractivity contribution in [1.29, 1.82) is 0 Å². The summed E-state index contributed by atoms with van der Waals surface area (Å²) in [6.45, 7) is 8.58. The fourth-order valence-electron chi connectivity index (χ4n) is 3.28. The molecule has 0 spiro atoms. The zero-order valence-electron chi connectivity index (χ0n) is 15.6. The fourth-order valence-corrected chi connectivity index (χ4v) is 4.31. The molecule has 4 rings (SSSR count). The highest BCUT2D eigenvalue weighted by molar-refractivity contribution is 7.22. The van der Waals surface area contributed by atoms with E-state index < -0.39 is 0 Å². The first-order valence-corrected chi connectivity index (χ1v) is 10.1. The van der Waals surface area contributed by atoms with E-state index in [2.05, 4.69) is 21.0 Å². The van der Waals surface area contributed by atoms with Gasteiger partial charge in [0.2, 0.25) is 0 Å². The number of benzene rings is 1. The second-order valence-corrected chi connectivity index (χ2v) is 7.36. The summed E-state index contributed by atoms with van der Waals surface area (Å²) in [5, 5.41) is 5.49. The van der Waals surface area contributed by atoms with Gasteiger partial charge in [0.05, 0.1) is 11.3 Å². The van der Waals surface area contributed by atoms with Crippen LogP contribution in [0.4, 0.5) is 10.9 Å². The molecule has 3 heterocycles. The van der Waals surface area contributed by atoms with E-state index in [9.17, 15) is 4.79 Å². The minimum absolute atomic E-state index is 0.0561. The number of piperazine rings is 1. The molecule has 0 N–H and O–H groups in total. The first-order chi connectivity index (χ1) is 13.2. The Morgan fingerprint density at radius 3 is 2.59 bits per heavy atom. The van der Waals surface area contributed by atoms with Crippen LogP contribution in [0.5, 0.6) is 5.75 Å². The summed E-state index contributed by atoms with van der Waals surface area (Å²) in [5.74, 6) is 1.71. The van der Waals surface area contributed by atoms with Crippen molar-refractivity contribution in [3.05, 3.63) is 40.7 Å². The van der Waals surface area contributed by atoms with E-state index in [4.69, 9.17) is 9.72 Å². The van der Waals surface area contributed by atoms with Crippen LogP contribution in [0.2, 0.25) is 0 Å². The Kier molecular flexibility index (Phi) is 4.98. The van der Waals surface area contributed by atoms with Crippen LogP contribution < -0.4 is 20.1 Å². The third-order valence-electron chi connectivity index (χ3n) is 4.70. The lowest BCUT2D eigenvalue weighted by Crippen LogP contribution is -2.47. The average Bonchev–Trinajstić information content (AvgIpc) is 3.14. The number of hydrogen-bond donors (Lipinski definition) is 0. The monoisotopic (exact) mass is 385 g/mol. The standard InChI is InChI=1S/C19H23N5O2S/c1-3-24-17(25)9-8-16(21-24)22-10-12-23(13-11-22)19-20-18-14(26-4-2)6-5-7-15(18)27-19/h5-9H,3-4,10-13H2,1-2H3. The molecule has 0 atom stereocenters. The van der Waals surface area contributed by atoms with E-state index in [0.29, 0.717) is 13.2 Å². The van der Waals surface area contributed by atoms with E-state index >= 15 is 0 Å². The van der Waals surface area contributed by atoms with Gasteiger partial charge < -0.3 is 14.5 Å². The lowest BCUT2D eigenvalue weighted by atomic mass is 10.3. The molecule has 0 aliphatic carbocycles. The second-order valence-electron chi connectivity index (χ2n) is 6.35. The van der Waals surface area contributed by atoms with Gasteiger partial charge in [-0.05, 0) is 32.0 Å². The highest BCUT2D eigenvalue weighted by Crippen LogP contribution is 2.34. The molecule has 1 fully saturated rings. The summed E-state index contributed by atoms with van der Waals surface area (Å²) in [7, 11) is 0. The Morgan fingerprint density at radius 1 is 1.07 bits per heavy atom. The van der Waals surface area contributed by atoms with Crippen molar-refractivity contribution < 1.29 is 4.74 Å². The highest BCUT2D eigenvalue weighted by Gasteiger charge is 2.22. The number of hydrogen-bond acceptors (Lipinski definition) is 7. The summed E-state index contributed by atoms with van der Waals surface area (Å²) >= 11 is 1.70. The van der Waals surface area contributed by atoms with Gasteiger partial charge in [-0.1, -0.05) is 17.4 Å². The van der Waals surface area contributed by atoms with Gasteiger partial charge in [-0.3, -0.25) is 4.79 Å². The Balaban J connectivity index is 1.50.